The topological polar surface area (TPSA) is 45.8 Å². The van der Waals surface area contributed by atoms with Gasteiger partial charge in [-0.25, -0.2) is 5.01 Å². The van der Waals surface area contributed by atoms with E-state index in [0.717, 1.165) is 16.3 Å². The van der Waals surface area contributed by atoms with Crippen molar-refractivity contribution in [3.8, 4) is 0 Å². The van der Waals surface area contributed by atoms with Crippen LogP contribution in [0.3, 0.4) is 0 Å². The highest BCUT2D eigenvalue weighted by atomic mass is 35.5. The van der Waals surface area contributed by atoms with Gasteiger partial charge in [0.25, 0.3) is 5.91 Å². The Balaban J connectivity index is 1.72. The molecule has 0 aliphatic carbocycles. The number of hydrazone groups is 1. The lowest BCUT2D eigenvalue weighted by Crippen LogP contribution is -2.26. The molecular formula is C18H13ClN2O2S. The summed E-state index contributed by atoms with van der Waals surface area (Å²) in [5.74, 6) is 0.533. The summed E-state index contributed by atoms with van der Waals surface area (Å²) in [6, 6.07) is 14.3. The lowest BCUT2D eigenvalue weighted by atomic mass is 10.1. The average Bonchev–Trinajstić information content (AvgIpc) is 3.32. The average molecular weight is 357 g/mol. The third kappa shape index (κ3) is 2.77. The van der Waals surface area contributed by atoms with Crippen LogP contribution in [0.1, 0.15) is 33.5 Å². The van der Waals surface area contributed by atoms with Crippen molar-refractivity contribution in [2.24, 2.45) is 5.10 Å². The first-order chi connectivity index (χ1) is 11.7. The molecule has 0 saturated carbocycles. The van der Waals surface area contributed by atoms with Gasteiger partial charge in [0.1, 0.15) is 11.8 Å². The summed E-state index contributed by atoms with van der Waals surface area (Å²) in [5, 5.41) is 8.61. The molecule has 120 valence electrons. The van der Waals surface area contributed by atoms with Gasteiger partial charge < -0.3 is 4.42 Å². The van der Waals surface area contributed by atoms with Crippen LogP contribution in [0.5, 0.6) is 0 Å². The molecule has 0 fully saturated rings. The number of carbonyl (C=O) groups is 1. The monoisotopic (exact) mass is 356 g/mol. The van der Waals surface area contributed by atoms with Crippen LogP contribution < -0.4 is 0 Å². The van der Waals surface area contributed by atoms with E-state index in [1.807, 2.05) is 29.6 Å². The van der Waals surface area contributed by atoms with Gasteiger partial charge in [-0.2, -0.15) is 5.10 Å². The van der Waals surface area contributed by atoms with Gasteiger partial charge in [0.2, 0.25) is 0 Å². The zero-order valence-electron chi connectivity index (χ0n) is 12.6. The highest BCUT2D eigenvalue weighted by molar-refractivity contribution is 7.12. The van der Waals surface area contributed by atoms with Crippen molar-refractivity contribution < 1.29 is 9.21 Å². The standard InChI is InChI=1S/C18H13ClN2O2S/c19-13-5-1-4-12(10-13)18(22)21-15(16-6-2-8-23-16)11-14(20-21)17-7-3-9-24-17/h1-10,15H,11H2. The minimum Gasteiger partial charge on any atom is -0.467 e. The highest BCUT2D eigenvalue weighted by Gasteiger charge is 2.35. The molecule has 3 heterocycles. The number of rotatable bonds is 3. The second-order valence-electron chi connectivity index (χ2n) is 5.42. The number of carbonyl (C=O) groups excluding carboxylic acids is 1. The Kier molecular flexibility index (Phi) is 3.96. The van der Waals surface area contributed by atoms with Crippen LogP contribution in [-0.4, -0.2) is 16.6 Å². The molecule has 0 spiro atoms. The van der Waals surface area contributed by atoms with Crippen molar-refractivity contribution in [2.45, 2.75) is 12.5 Å². The van der Waals surface area contributed by atoms with Gasteiger partial charge in [-0.3, -0.25) is 4.79 Å². The van der Waals surface area contributed by atoms with E-state index in [-0.39, 0.29) is 11.9 Å². The molecule has 0 N–H and O–H groups in total. The van der Waals surface area contributed by atoms with E-state index in [2.05, 4.69) is 5.10 Å². The number of hydrogen-bond acceptors (Lipinski definition) is 4. The van der Waals surface area contributed by atoms with Gasteiger partial charge in [-0.05, 0) is 41.8 Å². The number of benzene rings is 1. The molecule has 4 nitrogen and oxygen atoms in total. The number of hydrogen-bond donors (Lipinski definition) is 0. The fraction of sp³-hybridized carbons (Fsp3) is 0.111. The van der Waals surface area contributed by atoms with Crippen LogP contribution in [0.15, 0.2) is 69.7 Å². The summed E-state index contributed by atoms with van der Waals surface area (Å²) < 4.78 is 5.53. The molecule has 1 aromatic carbocycles. The molecule has 4 rings (SSSR count). The Morgan fingerprint density at radius 2 is 2.17 bits per heavy atom. The molecule has 0 radical (unpaired) electrons. The van der Waals surface area contributed by atoms with E-state index in [1.54, 1.807) is 41.9 Å². The van der Waals surface area contributed by atoms with E-state index in [1.165, 1.54) is 5.01 Å². The van der Waals surface area contributed by atoms with Crippen molar-refractivity contribution in [2.75, 3.05) is 0 Å². The number of halogens is 1. The minimum atomic E-state index is -0.247. The quantitative estimate of drug-likeness (QED) is 0.664. The van der Waals surface area contributed by atoms with Crippen LogP contribution in [0, 0.1) is 0 Å². The fourth-order valence-corrected chi connectivity index (χ4v) is 3.66. The molecule has 6 heteroatoms. The van der Waals surface area contributed by atoms with Crippen molar-refractivity contribution in [3.63, 3.8) is 0 Å². The maximum atomic E-state index is 12.9. The highest BCUT2D eigenvalue weighted by Crippen LogP contribution is 2.35. The smallest absolute Gasteiger partial charge is 0.274 e. The molecule has 0 bridgehead atoms. The van der Waals surface area contributed by atoms with Gasteiger partial charge in [0.15, 0.2) is 0 Å². The first kappa shape index (κ1) is 15.2. The Morgan fingerprint density at radius 1 is 1.25 bits per heavy atom. The van der Waals surface area contributed by atoms with Crippen molar-refractivity contribution >= 4 is 34.6 Å². The van der Waals surface area contributed by atoms with E-state index < -0.39 is 0 Å². The summed E-state index contributed by atoms with van der Waals surface area (Å²) in [5.41, 5.74) is 1.40. The Bertz CT molecular complexity index is 888. The van der Waals surface area contributed by atoms with E-state index in [0.29, 0.717) is 17.0 Å². The third-order valence-electron chi connectivity index (χ3n) is 3.87. The minimum absolute atomic E-state index is 0.189. The molecule has 3 aromatic rings. The maximum absolute atomic E-state index is 12.9. The van der Waals surface area contributed by atoms with Crippen molar-refractivity contribution in [1.29, 1.82) is 0 Å². The number of nitrogens with zero attached hydrogens (tertiary/aromatic N) is 2. The van der Waals surface area contributed by atoms with E-state index in [9.17, 15) is 4.79 Å². The van der Waals surface area contributed by atoms with Gasteiger partial charge in [-0.1, -0.05) is 23.7 Å². The largest absolute Gasteiger partial charge is 0.467 e. The first-order valence-corrected chi connectivity index (χ1v) is 8.72. The Morgan fingerprint density at radius 3 is 2.88 bits per heavy atom. The maximum Gasteiger partial charge on any atom is 0.274 e. The Labute approximate surface area is 148 Å². The zero-order chi connectivity index (χ0) is 16.5. The summed E-state index contributed by atoms with van der Waals surface area (Å²) in [4.78, 5) is 14.0. The molecule has 24 heavy (non-hydrogen) atoms. The molecule has 2 aromatic heterocycles. The molecular weight excluding hydrogens is 344 g/mol. The first-order valence-electron chi connectivity index (χ1n) is 7.46. The number of amides is 1. The lowest BCUT2D eigenvalue weighted by Gasteiger charge is -2.19. The number of thiophene rings is 1. The van der Waals surface area contributed by atoms with Gasteiger partial charge in [0.05, 0.1) is 16.9 Å². The second kappa shape index (κ2) is 6.26. The second-order valence-corrected chi connectivity index (χ2v) is 6.80. The normalized spacial score (nSPS) is 17.1. The lowest BCUT2D eigenvalue weighted by molar-refractivity contribution is 0.0693. The van der Waals surface area contributed by atoms with E-state index in [4.69, 9.17) is 16.0 Å². The van der Waals surface area contributed by atoms with Crippen LogP contribution in [0.2, 0.25) is 5.02 Å². The zero-order valence-corrected chi connectivity index (χ0v) is 14.1. The SMILES string of the molecule is O=C(c1cccc(Cl)c1)N1N=C(c2cccs2)CC1c1ccco1. The molecule has 0 saturated heterocycles. The predicted molar refractivity (Wildman–Crippen MR) is 94.5 cm³/mol. The molecule has 1 aliphatic heterocycles. The molecule has 1 aliphatic rings. The van der Waals surface area contributed by atoms with Gasteiger partial charge >= 0.3 is 0 Å². The van der Waals surface area contributed by atoms with Crippen LogP contribution in [-0.2, 0) is 0 Å². The van der Waals surface area contributed by atoms with Crippen LogP contribution in [0.4, 0.5) is 0 Å². The van der Waals surface area contributed by atoms with Crippen molar-refractivity contribution in [1.82, 2.24) is 5.01 Å². The Hall–Kier alpha value is -2.37. The van der Waals surface area contributed by atoms with Crippen LogP contribution >= 0.6 is 22.9 Å². The van der Waals surface area contributed by atoms with Gasteiger partial charge in [-0.15, -0.1) is 11.3 Å². The number of furan rings is 1. The van der Waals surface area contributed by atoms with E-state index >= 15 is 0 Å². The molecule has 1 atom stereocenters. The summed E-state index contributed by atoms with van der Waals surface area (Å²) in [6.45, 7) is 0. The summed E-state index contributed by atoms with van der Waals surface area (Å²) >= 11 is 7.63. The van der Waals surface area contributed by atoms with Gasteiger partial charge in [0, 0.05) is 17.0 Å². The predicted octanol–water partition coefficient (Wildman–Crippen LogP) is 4.99. The summed E-state index contributed by atoms with van der Waals surface area (Å²) in [7, 11) is 0. The third-order valence-corrected chi connectivity index (χ3v) is 5.02. The fourth-order valence-electron chi connectivity index (χ4n) is 2.75. The summed E-state index contributed by atoms with van der Waals surface area (Å²) in [6.07, 6.45) is 2.24. The van der Waals surface area contributed by atoms with Crippen LogP contribution in [0.25, 0.3) is 0 Å². The molecule has 1 amide bonds. The molecule has 1 unspecified atom stereocenters. The van der Waals surface area contributed by atoms with Crippen molar-refractivity contribution in [3.05, 3.63) is 81.4 Å².